The number of amides is 2. The van der Waals surface area contributed by atoms with Gasteiger partial charge in [0.25, 0.3) is 5.91 Å². The van der Waals surface area contributed by atoms with Crippen LogP contribution in [0.1, 0.15) is 64.5 Å². The fraction of sp³-hybridized carbons (Fsp3) is 0.435. The first-order chi connectivity index (χ1) is 14.4. The summed E-state index contributed by atoms with van der Waals surface area (Å²) >= 11 is 1.46. The van der Waals surface area contributed by atoms with E-state index in [9.17, 15) is 14.4 Å². The Balaban J connectivity index is 1.80. The highest BCUT2D eigenvalue weighted by Crippen LogP contribution is 2.40. The van der Waals surface area contributed by atoms with E-state index in [4.69, 9.17) is 5.11 Å². The highest BCUT2D eigenvalue weighted by molar-refractivity contribution is 7.17. The minimum absolute atomic E-state index is 0.111. The number of carbonyl (C=O) groups is 3. The molecule has 3 N–H and O–H groups in total. The van der Waals surface area contributed by atoms with Crippen molar-refractivity contribution < 1.29 is 19.5 Å². The predicted molar refractivity (Wildman–Crippen MR) is 118 cm³/mol. The van der Waals surface area contributed by atoms with Crippen LogP contribution >= 0.6 is 11.3 Å². The average Bonchev–Trinajstić information content (AvgIpc) is 3.08. The fourth-order valence-electron chi connectivity index (χ4n) is 3.72. The van der Waals surface area contributed by atoms with Crippen molar-refractivity contribution in [2.45, 2.75) is 58.9 Å². The van der Waals surface area contributed by atoms with E-state index in [1.54, 1.807) is 0 Å². The number of rotatable bonds is 8. The van der Waals surface area contributed by atoms with Gasteiger partial charge in [-0.1, -0.05) is 43.2 Å². The molecule has 30 heavy (non-hydrogen) atoms. The van der Waals surface area contributed by atoms with Crippen molar-refractivity contribution in [3.05, 3.63) is 51.4 Å². The lowest BCUT2D eigenvalue weighted by atomic mass is 9.85. The van der Waals surface area contributed by atoms with E-state index < -0.39 is 5.97 Å². The zero-order valence-electron chi connectivity index (χ0n) is 17.4. The number of hydrogen-bond acceptors (Lipinski definition) is 4. The van der Waals surface area contributed by atoms with E-state index in [2.05, 4.69) is 17.6 Å². The van der Waals surface area contributed by atoms with Crippen LogP contribution < -0.4 is 10.6 Å². The Bertz CT molecular complexity index is 933. The number of hydrogen-bond donors (Lipinski definition) is 3. The molecule has 1 aliphatic carbocycles. The summed E-state index contributed by atoms with van der Waals surface area (Å²) in [4.78, 5) is 37.2. The van der Waals surface area contributed by atoms with E-state index in [0.29, 0.717) is 23.0 Å². The SMILES string of the molecule is CC[C@@H]1CCc2c(sc(NC(=O)CCC(=O)O)c2C(=O)NCc2ccc(C)cc2)C1. The minimum atomic E-state index is -1.02. The summed E-state index contributed by atoms with van der Waals surface area (Å²) in [7, 11) is 0. The van der Waals surface area contributed by atoms with Gasteiger partial charge in [-0.3, -0.25) is 14.4 Å². The largest absolute Gasteiger partial charge is 0.481 e. The van der Waals surface area contributed by atoms with Crippen molar-refractivity contribution >= 4 is 34.1 Å². The number of thiophene rings is 1. The van der Waals surface area contributed by atoms with E-state index in [1.165, 1.54) is 11.3 Å². The van der Waals surface area contributed by atoms with Crippen LogP contribution in [0.5, 0.6) is 0 Å². The highest BCUT2D eigenvalue weighted by Gasteiger charge is 2.29. The molecule has 0 saturated carbocycles. The molecule has 0 bridgehead atoms. The monoisotopic (exact) mass is 428 g/mol. The Kier molecular flexibility index (Phi) is 7.26. The second kappa shape index (κ2) is 9.89. The van der Waals surface area contributed by atoms with Crippen molar-refractivity contribution in [1.82, 2.24) is 5.32 Å². The van der Waals surface area contributed by atoms with Crippen LogP contribution in [-0.4, -0.2) is 22.9 Å². The van der Waals surface area contributed by atoms with Gasteiger partial charge in [0.05, 0.1) is 12.0 Å². The third-order valence-corrected chi connectivity index (χ3v) is 6.73. The van der Waals surface area contributed by atoms with Gasteiger partial charge >= 0.3 is 5.97 Å². The Labute approximate surface area is 180 Å². The topological polar surface area (TPSA) is 95.5 Å². The number of anilines is 1. The zero-order valence-corrected chi connectivity index (χ0v) is 18.2. The number of aryl methyl sites for hydroxylation is 1. The summed E-state index contributed by atoms with van der Waals surface area (Å²) in [6, 6.07) is 7.98. The molecule has 2 amide bonds. The van der Waals surface area contributed by atoms with E-state index in [1.807, 2.05) is 31.2 Å². The molecule has 1 aliphatic rings. The molecule has 0 aliphatic heterocycles. The van der Waals surface area contributed by atoms with Gasteiger partial charge in [-0.05, 0) is 43.2 Å². The molecule has 160 valence electrons. The maximum atomic E-state index is 13.1. The van der Waals surface area contributed by atoms with Crippen molar-refractivity contribution in [3.8, 4) is 0 Å². The van der Waals surface area contributed by atoms with Gasteiger partial charge in [-0.25, -0.2) is 0 Å². The lowest BCUT2D eigenvalue weighted by Crippen LogP contribution is -2.26. The van der Waals surface area contributed by atoms with Gasteiger partial charge in [0.1, 0.15) is 5.00 Å². The van der Waals surface area contributed by atoms with E-state index in [-0.39, 0.29) is 24.7 Å². The van der Waals surface area contributed by atoms with Crippen molar-refractivity contribution in [2.24, 2.45) is 5.92 Å². The summed E-state index contributed by atoms with van der Waals surface area (Å²) < 4.78 is 0. The number of benzene rings is 1. The maximum Gasteiger partial charge on any atom is 0.303 e. The van der Waals surface area contributed by atoms with Gasteiger partial charge in [0.15, 0.2) is 0 Å². The summed E-state index contributed by atoms with van der Waals surface area (Å²) in [5, 5.41) is 15.1. The number of aliphatic carboxylic acids is 1. The number of fused-ring (bicyclic) bond motifs is 1. The van der Waals surface area contributed by atoms with Crippen LogP contribution in [-0.2, 0) is 29.0 Å². The van der Waals surface area contributed by atoms with E-state index >= 15 is 0 Å². The first kappa shape index (κ1) is 22.0. The molecule has 7 heteroatoms. The average molecular weight is 429 g/mol. The van der Waals surface area contributed by atoms with Crippen molar-refractivity contribution in [2.75, 3.05) is 5.32 Å². The molecule has 0 fully saturated rings. The summed E-state index contributed by atoms with van der Waals surface area (Å²) in [6.45, 7) is 4.60. The molecular weight excluding hydrogens is 400 g/mol. The number of carbonyl (C=O) groups excluding carboxylic acids is 2. The molecule has 0 spiro atoms. The van der Waals surface area contributed by atoms with Crippen LogP contribution in [0, 0.1) is 12.8 Å². The van der Waals surface area contributed by atoms with Crippen LogP contribution in [0.3, 0.4) is 0 Å². The van der Waals surface area contributed by atoms with Gasteiger partial charge in [-0.15, -0.1) is 11.3 Å². The normalized spacial score (nSPS) is 15.3. The molecular formula is C23H28N2O4S. The quantitative estimate of drug-likeness (QED) is 0.584. The van der Waals surface area contributed by atoms with Crippen LogP contribution in [0.25, 0.3) is 0 Å². The lowest BCUT2D eigenvalue weighted by molar-refractivity contribution is -0.138. The van der Waals surface area contributed by atoms with Crippen molar-refractivity contribution in [3.63, 3.8) is 0 Å². The first-order valence-corrected chi connectivity index (χ1v) is 11.2. The van der Waals surface area contributed by atoms with Crippen LogP contribution in [0.4, 0.5) is 5.00 Å². The number of carboxylic acids is 1. The molecule has 1 aromatic heterocycles. The minimum Gasteiger partial charge on any atom is -0.481 e. The molecule has 0 radical (unpaired) electrons. The van der Waals surface area contributed by atoms with Gasteiger partial charge in [0.2, 0.25) is 5.91 Å². The zero-order chi connectivity index (χ0) is 21.7. The highest BCUT2D eigenvalue weighted by atomic mass is 32.1. The summed E-state index contributed by atoms with van der Waals surface area (Å²) in [5.74, 6) is -1.00. The first-order valence-electron chi connectivity index (χ1n) is 10.4. The third-order valence-electron chi connectivity index (χ3n) is 5.56. The molecule has 0 unspecified atom stereocenters. The summed E-state index contributed by atoms with van der Waals surface area (Å²) in [6.07, 6.45) is 3.52. The number of carboxylic acid groups (broad SMARTS) is 1. The molecule has 0 saturated heterocycles. The Morgan fingerprint density at radius 1 is 1.17 bits per heavy atom. The maximum absolute atomic E-state index is 13.1. The second-order valence-corrected chi connectivity index (χ2v) is 8.94. The number of nitrogens with one attached hydrogen (secondary N) is 2. The predicted octanol–water partition coefficient (Wildman–Crippen LogP) is 4.30. The Morgan fingerprint density at radius 2 is 1.90 bits per heavy atom. The summed E-state index contributed by atoms with van der Waals surface area (Å²) in [5.41, 5.74) is 3.74. The van der Waals surface area contributed by atoms with E-state index in [0.717, 1.165) is 47.3 Å². The van der Waals surface area contributed by atoms with Crippen LogP contribution in [0.15, 0.2) is 24.3 Å². The van der Waals surface area contributed by atoms with Gasteiger partial charge in [-0.2, -0.15) is 0 Å². The third kappa shape index (κ3) is 5.48. The van der Waals surface area contributed by atoms with Gasteiger partial charge < -0.3 is 15.7 Å². The van der Waals surface area contributed by atoms with Crippen molar-refractivity contribution in [1.29, 1.82) is 0 Å². The molecule has 1 heterocycles. The molecule has 6 nitrogen and oxygen atoms in total. The standard InChI is InChI=1S/C23H28N2O4S/c1-3-15-8-9-17-18(12-15)30-23(25-19(26)10-11-20(27)28)21(17)22(29)24-13-16-6-4-14(2)5-7-16/h4-7,15H,3,8-13H2,1-2H3,(H,24,29)(H,25,26)(H,27,28)/t15-/m1/s1. The Hall–Kier alpha value is -2.67. The fourth-order valence-corrected chi connectivity index (χ4v) is 5.09. The molecule has 3 rings (SSSR count). The Morgan fingerprint density at radius 3 is 2.57 bits per heavy atom. The van der Waals surface area contributed by atoms with Crippen LogP contribution in [0.2, 0.25) is 0 Å². The lowest BCUT2D eigenvalue weighted by Gasteiger charge is -2.21. The molecule has 1 aromatic carbocycles. The molecule has 2 aromatic rings. The molecule has 1 atom stereocenters. The second-order valence-electron chi connectivity index (χ2n) is 7.84. The smallest absolute Gasteiger partial charge is 0.303 e. The van der Waals surface area contributed by atoms with Gasteiger partial charge in [0, 0.05) is 17.8 Å².